The van der Waals surface area contributed by atoms with Gasteiger partial charge >= 0.3 is 0 Å². The van der Waals surface area contributed by atoms with Crippen molar-refractivity contribution >= 4 is 5.71 Å². The fourth-order valence-electron chi connectivity index (χ4n) is 1.19. The molecular formula is C11H17NO. The minimum absolute atomic E-state index is 0.0369. The van der Waals surface area contributed by atoms with Gasteiger partial charge in [0.25, 0.3) is 0 Å². The van der Waals surface area contributed by atoms with Crippen molar-refractivity contribution in [2.24, 2.45) is 4.99 Å². The molecule has 1 rings (SSSR count). The van der Waals surface area contributed by atoms with Gasteiger partial charge in [0.1, 0.15) is 11.5 Å². The van der Waals surface area contributed by atoms with Crippen molar-refractivity contribution in [3.63, 3.8) is 0 Å². The molecule has 2 heteroatoms. The summed E-state index contributed by atoms with van der Waals surface area (Å²) in [5.41, 5.74) is 0.922. The summed E-state index contributed by atoms with van der Waals surface area (Å²) in [6.07, 6.45) is 0. The van der Waals surface area contributed by atoms with E-state index < -0.39 is 0 Å². The molecule has 0 saturated heterocycles. The Hall–Kier alpha value is -1.05. The number of aliphatic imine (C=N–C) groups is 1. The van der Waals surface area contributed by atoms with Gasteiger partial charge in [0.05, 0.1) is 11.3 Å². The van der Waals surface area contributed by atoms with Crippen LogP contribution in [0.25, 0.3) is 0 Å². The molecule has 1 heterocycles. The van der Waals surface area contributed by atoms with Crippen LogP contribution in [-0.4, -0.2) is 11.3 Å². The summed E-state index contributed by atoms with van der Waals surface area (Å²) in [4.78, 5) is 4.52. The minimum atomic E-state index is -0.0369. The highest BCUT2D eigenvalue weighted by Gasteiger charge is 2.10. The highest BCUT2D eigenvalue weighted by Crippen LogP contribution is 2.12. The molecule has 0 radical (unpaired) electrons. The van der Waals surface area contributed by atoms with E-state index in [4.69, 9.17) is 4.42 Å². The molecule has 1 aromatic rings. The minimum Gasteiger partial charge on any atom is -0.460 e. The molecule has 0 atom stereocenters. The molecule has 0 bridgehead atoms. The van der Waals surface area contributed by atoms with Crippen LogP contribution in [-0.2, 0) is 0 Å². The van der Waals surface area contributed by atoms with Gasteiger partial charge in [0, 0.05) is 0 Å². The van der Waals surface area contributed by atoms with E-state index in [2.05, 4.69) is 25.8 Å². The second kappa shape index (κ2) is 3.36. The fraction of sp³-hybridized carbons (Fsp3) is 0.545. The van der Waals surface area contributed by atoms with Gasteiger partial charge in [-0.25, -0.2) is 0 Å². The Morgan fingerprint density at radius 1 is 1.31 bits per heavy atom. The van der Waals surface area contributed by atoms with Crippen LogP contribution >= 0.6 is 0 Å². The van der Waals surface area contributed by atoms with E-state index in [1.165, 1.54) is 0 Å². The van der Waals surface area contributed by atoms with Crippen molar-refractivity contribution < 1.29 is 4.42 Å². The van der Waals surface area contributed by atoms with Gasteiger partial charge in [-0.1, -0.05) is 0 Å². The van der Waals surface area contributed by atoms with Gasteiger partial charge in [-0.05, 0) is 46.8 Å². The maximum atomic E-state index is 5.46. The molecule has 0 N–H and O–H groups in total. The predicted molar refractivity (Wildman–Crippen MR) is 55.4 cm³/mol. The van der Waals surface area contributed by atoms with E-state index in [0.29, 0.717) is 0 Å². The van der Waals surface area contributed by atoms with Crippen LogP contribution in [0, 0.1) is 6.92 Å². The quantitative estimate of drug-likeness (QED) is 0.608. The van der Waals surface area contributed by atoms with Crippen molar-refractivity contribution in [1.82, 2.24) is 0 Å². The molecule has 0 aliphatic carbocycles. The zero-order valence-electron chi connectivity index (χ0n) is 9.01. The molecule has 0 aliphatic heterocycles. The summed E-state index contributed by atoms with van der Waals surface area (Å²) in [6.45, 7) is 10.1. The average molecular weight is 179 g/mol. The molecule has 0 amide bonds. The maximum Gasteiger partial charge on any atom is 0.147 e. The number of nitrogens with zero attached hydrogens (tertiary/aromatic N) is 1. The van der Waals surface area contributed by atoms with Crippen molar-refractivity contribution in [1.29, 1.82) is 0 Å². The van der Waals surface area contributed by atoms with Crippen LogP contribution in [0.15, 0.2) is 21.5 Å². The molecule has 0 spiro atoms. The van der Waals surface area contributed by atoms with Crippen LogP contribution in [0.4, 0.5) is 0 Å². The van der Waals surface area contributed by atoms with E-state index in [-0.39, 0.29) is 5.54 Å². The summed E-state index contributed by atoms with van der Waals surface area (Å²) in [5.74, 6) is 1.80. The topological polar surface area (TPSA) is 25.5 Å². The Morgan fingerprint density at radius 2 is 1.92 bits per heavy atom. The Balaban J connectivity index is 2.91. The van der Waals surface area contributed by atoms with E-state index >= 15 is 0 Å². The summed E-state index contributed by atoms with van der Waals surface area (Å²) in [5, 5.41) is 0. The number of hydrogen-bond acceptors (Lipinski definition) is 2. The zero-order chi connectivity index (χ0) is 10.1. The average Bonchev–Trinajstić information content (AvgIpc) is 2.31. The molecule has 0 saturated carbocycles. The summed E-state index contributed by atoms with van der Waals surface area (Å²) in [6, 6.07) is 3.91. The van der Waals surface area contributed by atoms with E-state index in [1.54, 1.807) is 0 Å². The number of rotatable bonds is 1. The second-order valence-corrected chi connectivity index (χ2v) is 4.28. The van der Waals surface area contributed by atoms with Crippen molar-refractivity contribution in [3.05, 3.63) is 23.7 Å². The van der Waals surface area contributed by atoms with Crippen molar-refractivity contribution in [2.75, 3.05) is 0 Å². The number of hydrogen-bond donors (Lipinski definition) is 0. The summed E-state index contributed by atoms with van der Waals surface area (Å²) < 4.78 is 5.46. The van der Waals surface area contributed by atoms with Gasteiger partial charge in [-0.3, -0.25) is 4.99 Å². The summed E-state index contributed by atoms with van der Waals surface area (Å²) >= 11 is 0. The van der Waals surface area contributed by atoms with Gasteiger partial charge in [0.15, 0.2) is 0 Å². The Labute approximate surface area is 79.7 Å². The molecule has 0 unspecified atom stereocenters. The van der Waals surface area contributed by atoms with Crippen molar-refractivity contribution in [3.8, 4) is 0 Å². The zero-order valence-corrected chi connectivity index (χ0v) is 9.01. The molecule has 72 valence electrons. The van der Waals surface area contributed by atoms with Gasteiger partial charge in [0.2, 0.25) is 0 Å². The third-order valence-corrected chi connectivity index (χ3v) is 1.60. The first-order valence-electron chi connectivity index (χ1n) is 4.52. The normalized spacial score (nSPS) is 13.5. The molecule has 2 nitrogen and oxygen atoms in total. The Bertz CT molecular complexity index is 315. The third kappa shape index (κ3) is 3.05. The molecular weight excluding hydrogens is 162 g/mol. The Morgan fingerprint density at radius 3 is 2.31 bits per heavy atom. The lowest BCUT2D eigenvalue weighted by Gasteiger charge is -2.12. The molecule has 0 fully saturated rings. The lowest BCUT2D eigenvalue weighted by atomic mass is 10.1. The number of furan rings is 1. The highest BCUT2D eigenvalue weighted by molar-refractivity contribution is 5.96. The number of aryl methyl sites for hydroxylation is 1. The monoisotopic (exact) mass is 179 g/mol. The van der Waals surface area contributed by atoms with Gasteiger partial charge < -0.3 is 4.42 Å². The largest absolute Gasteiger partial charge is 0.460 e. The van der Waals surface area contributed by atoms with Crippen LogP contribution in [0.1, 0.15) is 39.2 Å². The van der Waals surface area contributed by atoms with Crippen LogP contribution in [0.5, 0.6) is 0 Å². The van der Waals surface area contributed by atoms with Crippen LogP contribution < -0.4 is 0 Å². The molecule has 0 aromatic carbocycles. The highest BCUT2D eigenvalue weighted by atomic mass is 16.3. The smallest absolute Gasteiger partial charge is 0.147 e. The first-order valence-corrected chi connectivity index (χ1v) is 4.52. The molecule has 0 aliphatic rings. The molecule has 1 aromatic heterocycles. The van der Waals surface area contributed by atoms with E-state index in [1.807, 2.05) is 26.0 Å². The maximum absolute atomic E-state index is 5.46. The third-order valence-electron chi connectivity index (χ3n) is 1.60. The van der Waals surface area contributed by atoms with Crippen LogP contribution in [0.2, 0.25) is 0 Å². The lowest BCUT2D eigenvalue weighted by Crippen LogP contribution is -2.12. The second-order valence-electron chi connectivity index (χ2n) is 4.28. The Kier molecular flexibility index (Phi) is 2.60. The van der Waals surface area contributed by atoms with E-state index in [0.717, 1.165) is 17.2 Å². The van der Waals surface area contributed by atoms with Crippen LogP contribution in [0.3, 0.4) is 0 Å². The van der Waals surface area contributed by atoms with Gasteiger partial charge in [-0.2, -0.15) is 0 Å². The standard InChI is InChI=1S/C11H17NO/c1-8-6-7-10(13-8)9(2)12-11(3,4)5/h6-7H,1-5H3. The van der Waals surface area contributed by atoms with E-state index in [9.17, 15) is 0 Å². The first kappa shape index (κ1) is 10.0. The lowest BCUT2D eigenvalue weighted by molar-refractivity contribution is 0.520. The predicted octanol–water partition coefficient (Wildman–Crippen LogP) is 3.20. The fourth-order valence-corrected chi connectivity index (χ4v) is 1.19. The van der Waals surface area contributed by atoms with Crippen molar-refractivity contribution in [2.45, 2.75) is 40.2 Å². The first-order chi connectivity index (χ1) is 5.88. The summed E-state index contributed by atoms with van der Waals surface area (Å²) in [7, 11) is 0. The van der Waals surface area contributed by atoms with Gasteiger partial charge in [-0.15, -0.1) is 0 Å². The SMILES string of the molecule is CC(=NC(C)(C)C)c1ccc(C)o1. The molecule has 13 heavy (non-hydrogen) atoms.